The highest BCUT2D eigenvalue weighted by Gasteiger charge is 2.27. The molecule has 18 heavy (non-hydrogen) atoms. The molecule has 3 unspecified atom stereocenters. The lowest BCUT2D eigenvalue weighted by Crippen LogP contribution is -2.36. The first kappa shape index (κ1) is 12.6. The molecule has 1 N–H and O–H groups in total. The zero-order chi connectivity index (χ0) is 12.4. The number of thioether (sulfide) groups is 1. The summed E-state index contributed by atoms with van der Waals surface area (Å²) in [6.07, 6.45) is 10.4. The topological polar surface area (TPSA) is 12.0 Å². The predicted molar refractivity (Wildman–Crippen MR) is 80.2 cm³/mol. The lowest BCUT2D eigenvalue weighted by Gasteiger charge is -2.31. The SMILES string of the molecule is CSC1CCCC(NC2CCc3ccccc32)C1. The molecule has 0 bridgehead atoms. The molecule has 2 aliphatic rings. The maximum Gasteiger partial charge on any atom is 0.0328 e. The second kappa shape index (κ2) is 5.66. The van der Waals surface area contributed by atoms with Crippen molar-refractivity contribution in [2.75, 3.05) is 6.26 Å². The molecular formula is C16H23NS. The Morgan fingerprint density at radius 1 is 1.17 bits per heavy atom. The largest absolute Gasteiger partial charge is 0.307 e. The van der Waals surface area contributed by atoms with Crippen molar-refractivity contribution in [3.63, 3.8) is 0 Å². The molecule has 1 fully saturated rings. The van der Waals surface area contributed by atoms with E-state index in [4.69, 9.17) is 0 Å². The fraction of sp³-hybridized carbons (Fsp3) is 0.625. The van der Waals surface area contributed by atoms with Crippen LogP contribution >= 0.6 is 11.8 Å². The van der Waals surface area contributed by atoms with E-state index in [1.165, 1.54) is 38.5 Å². The van der Waals surface area contributed by atoms with Gasteiger partial charge in [-0.05, 0) is 49.5 Å². The second-order valence-electron chi connectivity index (χ2n) is 5.68. The molecule has 1 nitrogen and oxygen atoms in total. The third-order valence-electron chi connectivity index (χ3n) is 4.53. The van der Waals surface area contributed by atoms with Crippen LogP contribution in [0.15, 0.2) is 24.3 Å². The molecule has 3 atom stereocenters. The maximum atomic E-state index is 3.92. The molecule has 1 saturated carbocycles. The van der Waals surface area contributed by atoms with Crippen LogP contribution < -0.4 is 5.32 Å². The minimum Gasteiger partial charge on any atom is -0.307 e. The summed E-state index contributed by atoms with van der Waals surface area (Å²) < 4.78 is 0. The zero-order valence-corrected chi connectivity index (χ0v) is 12.0. The Kier molecular flexibility index (Phi) is 3.95. The third-order valence-corrected chi connectivity index (χ3v) is 5.62. The van der Waals surface area contributed by atoms with Crippen LogP contribution in [0.4, 0.5) is 0 Å². The van der Waals surface area contributed by atoms with E-state index < -0.39 is 0 Å². The van der Waals surface area contributed by atoms with Crippen LogP contribution in [0, 0.1) is 0 Å². The van der Waals surface area contributed by atoms with Gasteiger partial charge in [-0.2, -0.15) is 11.8 Å². The highest BCUT2D eigenvalue weighted by Crippen LogP contribution is 2.34. The van der Waals surface area contributed by atoms with Gasteiger partial charge in [0.05, 0.1) is 0 Å². The summed E-state index contributed by atoms with van der Waals surface area (Å²) in [6.45, 7) is 0. The van der Waals surface area contributed by atoms with Gasteiger partial charge in [0.2, 0.25) is 0 Å². The van der Waals surface area contributed by atoms with Gasteiger partial charge in [0.25, 0.3) is 0 Å². The highest BCUT2D eigenvalue weighted by atomic mass is 32.2. The Morgan fingerprint density at radius 3 is 2.94 bits per heavy atom. The number of fused-ring (bicyclic) bond motifs is 1. The van der Waals surface area contributed by atoms with Crippen LogP contribution in [0.1, 0.15) is 49.3 Å². The standard InChI is InChI=1S/C16H23NS/c1-18-14-7-4-6-13(11-14)17-16-10-9-12-5-2-3-8-15(12)16/h2-3,5,8,13-14,16-17H,4,6-7,9-11H2,1H3. The number of benzene rings is 1. The van der Waals surface area contributed by atoms with E-state index in [0.29, 0.717) is 6.04 Å². The quantitative estimate of drug-likeness (QED) is 0.884. The second-order valence-corrected chi connectivity index (χ2v) is 6.82. The molecule has 1 aromatic carbocycles. The van der Waals surface area contributed by atoms with Gasteiger partial charge < -0.3 is 5.32 Å². The van der Waals surface area contributed by atoms with Crippen LogP contribution in [0.25, 0.3) is 0 Å². The third kappa shape index (κ3) is 2.60. The number of hydrogen-bond acceptors (Lipinski definition) is 2. The fourth-order valence-electron chi connectivity index (χ4n) is 3.53. The molecule has 0 radical (unpaired) electrons. The number of hydrogen-bond donors (Lipinski definition) is 1. The van der Waals surface area contributed by atoms with E-state index in [1.54, 1.807) is 11.1 Å². The average molecular weight is 261 g/mol. The van der Waals surface area contributed by atoms with Crippen molar-refractivity contribution in [2.45, 2.75) is 55.9 Å². The van der Waals surface area contributed by atoms with Crippen molar-refractivity contribution in [3.8, 4) is 0 Å². The van der Waals surface area contributed by atoms with Crippen molar-refractivity contribution >= 4 is 11.8 Å². The smallest absolute Gasteiger partial charge is 0.0328 e. The van der Waals surface area contributed by atoms with E-state index >= 15 is 0 Å². The van der Waals surface area contributed by atoms with Gasteiger partial charge in [-0.15, -0.1) is 0 Å². The molecule has 1 aromatic rings. The molecule has 0 amide bonds. The van der Waals surface area contributed by atoms with Gasteiger partial charge in [0, 0.05) is 17.3 Å². The summed E-state index contributed by atoms with van der Waals surface area (Å²) in [5, 5.41) is 4.81. The van der Waals surface area contributed by atoms with E-state index in [1.807, 2.05) is 0 Å². The van der Waals surface area contributed by atoms with Gasteiger partial charge in [-0.25, -0.2) is 0 Å². The minimum absolute atomic E-state index is 0.617. The van der Waals surface area contributed by atoms with Gasteiger partial charge in [-0.3, -0.25) is 0 Å². The van der Waals surface area contributed by atoms with Crippen LogP contribution in [0.2, 0.25) is 0 Å². The molecular weight excluding hydrogens is 238 g/mol. The Morgan fingerprint density at radius 2 is 2.06 bits per heavy atom. The molecule has 0 spiro atoms. The Hall–Kier alpha value is -0.470. The summed E-state index contributed by atoms with van der Waals surface area (Å²) in [4.78, 5) is 0. The van der Waals surface area contributed by atoms with Gasteiger partial charge in [-0.1, -0.05) is 30.7 Å². The van der Waals surface area contributed by atoms with E-state index in [0.717, 1.165) is 11.3 Å². The van der Waals surface area contributed by atoms with Crippen LogP contribution in [0.5, 0.6) is 0 Å². The average Bonchev–Trinajstić information content (AvgIpc) is 2.83. The van der Waals surface area contributed by atoms with E-state index in [2.05, 4.69) is 47.6 Å². The van der Waals surface area contributed by atoms with Crippen molar-refractivity contribution in [1.29, 1.82) is 0 Å². The molecule has 0 aliphatic heterocycles. The lowest BCUT2D eigenvalue weighted by atomic mass is 9.93. The number of nitrogens with one attached hydrogen (secondary N) is 1. The number of aryl methyl sites for hydroxylation is 1. The van der Waals surface area contributed by atoms with Gasteiger partial charge in [0.15, 0.2) is 0 Å². The molecule has 0 heterocycles. The van der Waals surface area contributed by atoms with E-state index in [-0.39, 0.29) is 0 Å². The van der Waals surface area contributed by atoms with Crippen molar-refractivity contribution < 1.29 is 0 Å². The van der Waals surface area contributed by atoms with Crippen molar-refractivity contribution in [3.05, 3.63) is 35.4 Å². The molecule has 2 aliphatic carbocycles. The first-order valence-electron chi connectivity index (χ1n) is 7.23. The van der Waals surface area contributed by atoms with Gasteiger partial charge in [0.1, 0.15) is 0 Å². The fourth-order valence-corrected chi connectivity index (χ4v) is 4.35. The maximum absolute atomic E-state index is 3.92. The monoisotopic (exact) mass is 261 g/mol. The molecule has 3 rings (SSSR count). The van der Waals surface area contributed by atoms with Gasteiger partial charge >= 0.3 is 0 Å². The first-order chi connectivity index (χ1) is 8.86. The molecule has 98 valence electrons. The Balaban J connectivity index is 1.64. The van der Waals surface area contributed by atoms with Crippen LogP contribution in [-0.4, -0.2) is 17.5 Å². The normalized spacial score (nSPS) is 31.3. The Bertz CT molecular complexity index is 404. The zero-order valence-electron chi connectivity index (χ0n) is 11.2. The van der Waals surface area contributed by atoms with Crippen molar-refractivity contribution in [1.82, 2.24) is 5.32 Å². The summed E-state index contributed by atoms with van der Waals surface area (Å²) in [7, 11) is 0. The molecule has 0 saturated heterocycles. The molecule has 2 heteroatoms. The predicted octanol–water partition coefficient (Wildman–Crippen LogP) is 3.94. The highest BCUT2D eigenvalue weighted by molar-refractivity contribution is 7.99. The van der Waals surface area contributed by atoms with E-state index in [9.17, 15) is 0 Å². The number of rotatable bonds is 3. The van der Waals surface area contributed by atoms with Crippen LogP contribution in [0.3, 0.4) is 0 Å². The summed E-state index contributed by atoms with van der Waals surface area (Å²) in [5.74, 6) is 0. The first-order valence-corrected chi connectivity index (χ1v) is 8.52. The summed E-state index contributed by atoms with van der Waals surface area (Å²) >= 11 is 2.05. The molecule has 0 aromatic heterocycles. The lowest BCUT2D eigenvalue weighted by molar-refractivity contribution is 0.343. The Labute approximate surface area is 115 Å². The summed E-state index contributed by atoms with van der Waals surface area (Å²) in [6, 6.07) is 10.3. The van der Waals surface area contributed by atoms with Crippen LogP contribution in [-0.2, 0) is 6.42 Å². The summed E-state index contributed by atoms with van der Waals surface area (Å²) in [5.41, 5.74) is 3.12. The van der Waals surface area contributed by atoms with Crippen molar-refractivity contribution in [2.24, 2.45) is 0 Å². The minimum atomic E-state index is 0.617.